The molecular formula is C9H14FNO2. The third kappa shape index (κ3) is 1.08. The highest BCUT2D eigenvalue weighted by Gasteiger charge is 2.55. The molecule has 2 heterocycles. The fourth-order valence-electron chi connectivity index (χ4n) is 2.39. The van der Waals surface area contributed by atoms with E-state index in [1.807, 2.05) is 6.92 Å². The van der Waals surface area contributed by atoms with Crippen LogP contribution in [0.5, 0.6) is 0 Å². The Morgan fingerprint density at radius 2 is 2.23 bits per heavy atom. The standard InChI is InChI=1S/C9H14FNO2/c1-5-7-4-6(10)8(12)11(7)9(2,3)13-5/h5-7H,4H2,1-3H3/t5?,6?,7-/m0/s1. The molecule has 2 rings (SSSR count). The van der Waals surface area contributed by atoms with Gasteiger partial charge in [-0.2, -0.15) is 0 Å². The fraction of sp³-hybridized carbons (Fsp3) is 0.889. The quantitative estimate of drug-likeness (QED) is 0.568. The summed E-state index contributed by atoms with van der Waals surface area (Å²) in [6.45, 7) is 5.50. The summed E-state index contributed by atoms with van der Waals surface area (Å²) in [6.07, 6.45) is -1.10. The molecule has 0 saturated carbocycles. The minimum atomic E-state index is -1.32. The SMILES string of the molecule is CC1OC(C)(C)N2C(=O)C(F)C[C@@H]12. The van der Waals surface area contributed by atoms with Crippen molar-refractivity contribution in [3.63, 3.8) is 0 Å². The Kier molecular flexibility index (Phi) is 1.68. The molecule has 2 aliphatic heterocycles. The van der Waals surface area contributed by atoms with Crippen molar-refractivity contribution in [1.82, 2.24) is 4.90 Å². The van der Waals surface area contributed by atoms with Crippen LogP contribution in [0.1, 0.15) is 27.2 Å². The molecule has 0 spiro atoms. The number of fused-ring (bicyclic) bond motifs is 1. The van der Waals surface area contributed by atoms with Crippen LogP contribution in [0.15, 0.2) is 0 Å². The first-order valence-corrected chi connectivity index (χ1v) is 4.58. The Morgan fingerprint density at radius 3 is 2.77 bits per heavy atom. The highest BCUT2D eigenvalue weighted by molar-refractivity contribution is 5.84. The average Bonchev–Trinajstić information content (AvgIpc) is 2.37. The maximum absolute atomic E-state index is 13.1. The van der Waals surface area contributed by atoms with Crippen molar-refractivity contribution >= 4 is 5.91 Å². The summed E-state index contributed by atoms with van der Waals surface area (Å²) in [5.74, 6) is -0.417. The number of halogens is 1. The normalized spacial score (nSPS) is 42.6. The van der Waals surface area contributed by atoms with E-state index in [4.69, 9.17) is 4.74 Å². The zero-order chi connectivity index (χ0) is 9.80. The van der Waals surface area contributed by atoms with Crippen LogP contribution in [0.4, 0.5) is 4.39 Å². The van der Waals surface area contributed by atoms with Gasteiger partial charge < -0.3 is 9.64 Å². The van der Waals surface area contributed by atoms with Crippen LogP contribution in [0.3, 0.4) is 0 Å². The van der Waals surface area contributed by atoms with Gasteiger partial charge in [-0.3, -0.25) is 4.79 Å². The summed E-state index contributed by atoms with van der Waals surface area (Å²) < 4.78 is 18.7. The molecule has 3 atom stereocenters. The van der Waals surface area contributed by atoms with Gasteiger partial charge in [0.2, 0.25) is 0 Å². The van der Waals surface area contributed by atoms with E-state index in [2.05, 4.69) is 0 Å². The van der Waals surface area contributed by atoms with E-state index in [-0.39, 0.29) is 18.6 Å². The van der Waals surface area contributed by atoms with Crippen molar-refractivity contribution in [3.05, 3.63) is 0 Å². The summed E-state index contributed by atoms with van der Waals surface area (Å²) in [6, 6.07) is -0.0718. The third-order valence-corrected chi connectivity index (χ3v) is 2.88. The van der Waals surface area contributed by atoms with E-state index in [9.17, 15) is 9.18 Å². The number of ether oxygens (including phenoxy) is 1. The molecule has 2 fully saturated rings. The molecule has 0 N–H and O–H groups in total. The lowest BCUT2D eigenvalue weighted by Gasteiger charge is -2.28. The Bertz CT molecular complexity index is 254. The van der Waals surface area contributed by atoms with Crippen molar-refractivity contribution < 1.29 is 13.9 Å². The van der Waals surface area contributed by atoms with Gasteiger partial charge in [-0.15, -0.1) is 0 Å². The van der Waals surface area contributed by atoms with Crippen molar-refractivity contribution in [2.24, 2.45) is 0 Å². The molecule has 2 unspecified atom stereocenters. The smallest absolute Gasteiger partial charge is 0.259 e. The van der Waals surface area contributed by atoms with Gasteiger partial charge in [-0.1, -0.05) is 0 Å². The predicted molar refractivity (Wildman–Crippen MR) is 44.8 cm³/mol. The van der Waals surface area contributed by atoms with Gasteiger partial charge >= 0.3 is 0 Å². The largest absolute Gasteiger partial charge is 0.351 e. The molecular weight excluding hydrogens is 173 g/mol. The van der Waals surface area contributed by atoms with Gasteiger partial charge in [0.15, 0.2) is 6.17 Å². The van der Waals surface area contributed by atoms with Crippen LogP contribution in [0.2, 0.25) is 0 Å². The Morgan fingerprint density at radius 1 is 1.62 bits per heavy atom. The minimum absolute atomic E-state index is 0.0558. The molecule has 0 radical (unpaired) electrons. The topological polar surface area (TPSA) is 29.5 Å². The number of hydrogen-bond donors (Lipinski definition) is 0. The summed E-state index contributed by atoms with van der Waals surface area (Å²) in [5.41, 5.74) is -0.637. The predicted octanol–water partition coefficient (Wildman–Crippen LogP) is 1.08. The van der Waals surface area contributed by atoms with E-state index in [1.165, 1.54) is 0 Å². The molecule has 0 bridgehead atoms. The lowest BCUT2D eigenvalue weighted by Crippen LogP contribution is -2.44. The van der Waals surface area contributed by atoms with Crippen LogP contribution < -0.4 is 0 Å². The number of rotatable bonds is 0. The maximum Gasteiger partial charge on any atom is 0.259 e. The Hall–Kier alpha value is -0.640. The third-order valence-electron chi connectivity index (χ3n) is 2.88. The van der Waals surface area contributed by atoms with E-state index >= 15 is 0 Å². The highest BCUT2D eigenvalue weighted by Crippen LogP contribution is 2.39. The van der Waals surface area contributed by atoms with Gasteiger partial charge in [0.1, 0.15) is 5.72 Å². The van der Waals surface area contributed by atoms with Gasteiger partial charge in [-0.05, 0) is 20.8 Å². The molecule has 1 amide bonds. The van der Waals surface area contributed by atoms with E-state index in [0.29, 0.717) is 0 Å². The van der Waals surface area contributed by atoms with Crippen LogP contribution >= 0.6 is 0 Å². The zero-order valence-corrected chi connectivity index (χ0v) is 8.08. The van der Waals surface area contributed by atoms with Crippen molar-refractivity contribution in [3.8, 4) is 0 Å². The first-order valence-electron chi connectivity index (χ1n) is 4.58. The molecule has 0 aliphatic carbocycles. The molecule has 0 aromatic heterocycles. The first-order chi connectivity index (χ1) is 5.93. The number of amides is 1. The molecule has 74 valence electrons. The number of hydrogen-bond acceptors (Lipinski definition) is 2. The number of carbonyl (C=O) groups is 1. The van der Waals surface area contributed by atoms with Crippen LogP contribution in [-0.4, -0.2) is 34.8 Å². The van der Waals surface area contributed by atoms with E-state index in [0.717, 1.165) is 0 Å². The summed E-state index contributed by atoms with van der Waals surface area (Å²) >= 11 is 0. The molecule has 13 heavy (non-hydrogen) atoms. The van der Waals surface area contributed by atoms with Gasteiger partial charge in [-0.25, -0.2) is 4.39 Å². The monoisotopic (exact) mass is 187 g/mol. The fourth-order valence-corrected chi connectivity index (χ4v) is 2.39. The van der Waals surface area contributed by atoms with Gasteiger partial charge in [0.25, 0.3) is 5.91 Å². The van der Waals surface area contributed by atoms with Crippen LogP contribution in [0.25, 0.3) is 0 Å². The summed E-state index contributed by atoms with van der Waals surface area (Å²) in [5, 5.41) is 0. The van der Waals surface area contributed by atoms with Crippen molar-refractivity contribution in [2.75, 3.05) is 0 Å². The second kappa shape index (κ2) is 2.44. The van der Waals surface area contributed by atoms with Gasteiger partial charge in [0.05, 0.1) is 12.1 Å². The Balaban J connectivity index is 2.32. The van der Waals surface area contributed by atoms with Crippen molar-refractivity contribution in [2.45, 2.75) is 51.2 Å². The molecule has 2 saturated heterocycles. The van der Waals surface area contributed by atoms with Crippen molar-refractivity contribution in [1.29, 1.82) is 0 Å². The second-order valence-electron chi connectivity index (χ2n) is 4.25. The van der Waals surface area contributed by atoms with Gasteiger partial charge in [0, 0.05) is 6.42 Å². The summed E-state index contributed by atoms with van der Waals surface area (Å²) in [4.78, 5) is 13.0. The minimum Gasteiger partial charge on any atom is -0.351 e. The van der Waals surface area contributed by atoms with E-state index in [1.54, 1.807) is 18.7 Å². The first kappa shape index (κ1) is 8.94. The molecule has 3 nitrogen and oxygen atoms in total. The number of alkyl halides is 1. The van der Waals surface area contributed by atoms with Crippen LogP contribution in [0, 0.1) is 0 Å². The number of carbonyl (C=O) groups excluding carboxylic acids is 1. The summed E-state index contributed by atoms with van der Waals surface area (Å²) in [7, 11) is 0. The van der Waals surface area contributed by atoms with Crippen LogP contribution in [-0.2, 0) is 9.53 Å². The van der Waals surface area contributed by atoms with E-state index < -0.39 is 17.8 Å². The average molecular weight is 187 g/mol. The lowest BCUT2D eigenvalue weighted by molar-refractivity contribution is -0.147. The Labute approximate surface area is 76.8 Å². The highest BCUT2D eigenvalue weighted by atomic mass is 19.1. The molecule has 0 aromatic rings. The molecule has 0 aromatic carbocycles. The second-order valence-corrected chi connectivity index (χ2v) is 4.25. The lowest BCUT2D eigenvalue weighted by atomic mass is 10.1. The zero-order valence-electron chi connectivity index (χ0n) is 8.08. The number of nitrogens with zero attached hydrogens (tertiary/aromatic N) is 1. The molecule has 4 heteroatoms. The maximum atomic E-state index is 13.1. The molecule has 2 aliphatic rings.